The number of anilines is 1. The third-order valence-corrected chi connectivity index (χ3v) is 9.01. The molecule has 0 saturated carbocycles. The first-order valence-corrected chi connectivity index (χ1v) is 13.0. The van der Waals surface area contributed by atoms with Crippen LogP contribution in [-0.4, -0.2) is 0 Å². The molecule has 0 saturated heterocycles. The molecule has 1 nitrogen and oxygen atoms in total. The zero-order chi connectivity index (χ0) is 24.6. The molecule has 0 aliphatic heterocycles. The molecule has 0 bridgehead atoms. The highest BCUT2D eigenvalue weighted by atomic mass is 31.1. The van der Waals surface area contributed by atoms with Crippen LogP contribution >= 0.6 is 7.92 Å². The van der Waals surface area contributed by atoms with Gasteiger partial charge in [-0.1, -0.05) is 91.0 Å². The monoisotopic (exact) mass is 489 g/mol. The molecule has 174 valence electrons. The van der Waals surface area contributed by atoms with Crippen LogP contribution < -0.4 is 21.6 Å². The molecule has 6 aromatic carbocycles. The molecule has 2 N–H and O–H groups in total. The Labute approximate surface area is 209 Å². The molecule has 0 spiro atoms. The van der Waals surface area contributed by atoms with Crippen molar-refractivity contribution in [1.29, 1.82) is 0 Å². The predicted molar refractivity (Wildman–Crippen MR) is 150 cm³/mol. The first-order chi connectivity index (χ1) is 17.6. The number of hydrogen-bond donors (Lipinski definition) is 1. The normalized spacial score (nSPS) is 11.4. The summed E-state index contributed by atoms with van der Waals surface area (Å²) in [7, 11) is -1.15. The second-order valence-corrected chi connectivity index (χ2v) is 10.9. The average molecular weight is 490 g/mol. The highest BCUT2D eigenvalue weighted by Crippen LogP contribution is 2.44. The van der Waals surface area contributed by atoms with Gasteiger partial charge in [0.05, 0.1) is 0 Å². The minimum absolute atomic E-state index is 0.287. The van der Waals surface area contributed by atoms with Crippen molar-refractivity contribution in [2.45, 2.75) is 0 Å². The second-order valence-electron chi connectivity index (χ2n) is 8.72. The number of nitrogen functional groups attached to an aromatic ring is 1. The molecule has 0 atom stereocenters. The summed E-state index contributed by atoms with van der Waals surface area (Å²) < 4.78 is 27.9. The van der Waals surface area contributed by atoms with Crippen LogP contribution in [0.2, 0.25) is 0 Å². The summed E-state index contributed by atoms with van der Waals surface area (Å²) in [5.74, 6) is -0.574. The summed E-state index contributed by atoms with van der Waals surface area (Å²) >= 11 is 0. The Bertz CT molecular complexity index is 1660. The van der Waals surface area contributed by atoms with Gasteiger partial charge in [-0.3, -0.25) is 0 Å². The first-order valence-electron chi connectivity index (χ1n) is 11.7. The van der Waals surface area contributed by atoms with Crippen LogP contribution in [-0.2, 0) is 0 Å². The molecule has 0 aromatic heterocycles. The molecule has 0 fully saturated rings. The fraction of sp³-hybridized carbons (Fsp3) is 0. The maximum atomic E-state index is 13.9. The number of hydrogen-bond acceptors (Lipinski definition) is 1. The molecule has 0 heterocycles. The highest BCUT2D eigenvalue weighted by Gasteiger charge is 2.24. The van der Waals surface area contributed by atoms with Crippen LogP contribution in [0.15, 0.2) is 121 Å². The van der Waals surface area contributed by atoms with Gasteiger partial charge in [-0.05, 0) is 75.7 Å². The lowest BCUT2D eigenvalue weighted by molar-refractivity contribution is 0.628. The van der Waals surface area contributed by atoms with E-state index in [1.807, 2.05) is 60.7 Å². The standard InChI is InChI=1S/C32H22F2NP/c33-23-11-15-25(16-12-23)36(26-17-13-24(34)14-18-26)30-20-10-22-6-2-4-8-28(22)32(30)31-27-7-3-1-5-21(27)9-19-29(31)35/h1-20H,35H2. The van der Waals surface area contributed by atoms with E-state index in [2.05, 4.69) is 36.4 Å². The predicted octanol–water partition coefficient (Wildman–Crippen LogP) is 7.28. The maximum absolute atomic E-state index is 13.9. The summed E-state index contributed by atoms with van der Waals surface area (Å²) in [5.41, 5.74) is 9.44. The van der Waals surface area contributed by atoms with Crippen molar-refractivity contribution in [2.75, 3.05) is 5.73 Å². The number of benzene rings is 6. The van der Waals surface area contributed by atoms with E-state index >= 15 is 0 Å². The molecule has 36 heavy (non-hydrogen) atoms. The minimum Gasteiger partial charge on any atom is -0.398 e. The lowest BCUT2D eigenvalue weighted by atomic mass is 9.92. The Balaban J connectivity index is 1.74. The van der Waals surface area contributed by atoms with Crippen LogP contribution in [0.4, 0.5) is 14.5 Å². The maximum Gasteiger partial charge on any atom is 0.123 e. The smallest absolute Gasteiger partial charge is 0.123 e. The Morgan fingerprint density at radius 2 is 0.944 bits per heavy atom. The molecule has 0 unspecified atom stereocenters. The van der Waals surface area contributed by atoms with Crippen LogP contribution in [0, 0.1) is 11.6 Å². The number of rotatable bonds is 4. The topological polar surface area (TPSA) is 26.0 Å². The summed E-state index contributed by atoms with van der Waals surface area (Å²) in [6.45, 7) is 0. The van der Waals surface area contributed by atoms with Gasteiger partial charge in [0.15, 0.2) is 0 Å². The second kappa shape index (κ2) is 9.18. The third-order valence-electron chi connectivity index (χ3n) is 6.53. The van der Waals surface area contributed by atoms with Gasteiger partial charge in [0.25, 0.3) is 0 Å². The number of halogens is 2. The Morgan fingerprint density at radius 1 is 0.472 bits per heavy atom. The van der Waals surface area contributed by atoms with E-state index < -0.39 is 7.92 Å². The molecule has 0 radical (unpaired) electrons. The van der Waals surface area contributed by atoms with Gasteiger partial charge in [-0.2, -0.15) is 0 Å². The van der Waals surface area contributed by atoms with Gasteiger partial charge in [-0.15, -0.1) is 0 Å². The third kappa shape index (κ3) is 3.92. The molecule has 6 aromatic rings. The van der Waals surface area contributed by atoms with Gasteiger partial charge in [0, 0.05) is 16.8 Å². The number of fused-ring (bicyclic) bond motifs is 2. The van der Waals surface area contributed by atoms with E-state index in [4.69, 9.17) is 5.73 Å². The lowest BCUT2D eigenvalue weighted by Gasteiger charge is -2.25. The average Bonchev–Trinajstić information content (AvgIpc) is 2.91. The molecule has 0 aliphatic carbocycles. The highest BCUT2D eigenvalue weighted by molar-refractivity contribution is 7.80. The molecule has 6 rings (SSSR count). The molecule has 0 amide bonds. The number of nitrogens with two attached hydrogens (primary N) is 1. The van der Waals surface area contributed by atoms with Crippen molar-refractivity contribution in [3.05, 3.63) is 133 Å². The van der Waals surface area contributed by atoms with Gasteiger partial charge in [0.1, 0.15) is 11.6 Å². The summed E-state index contributed by atoms with van der Waals surface area (Å²) in [4.78, 5) is 0. The summed E-state index contributed by atoms with van der Waals surface area (Å²) in [6, 6.07) is 38.1. The quantitative estimate of drug-likeness (QED) is 0.204. The zero-order valence-electron chi connectivity index (χ0n) is 19.3. The largest absolute Gasteiger partial charge is 0.398 e. The fourth-order valence-electron chi connectivity index (χ4n) is 4.88. The SMILES string of the molecule is Nc1ccc2ccccc2c1-c1c(P(c2ccc(F)cc2)c2ccc(F)cc2)ccc2ccccc12. The molecule has 4 heteroatoms. The Kier molecular flexibility index (Phi) is 5.71. The van der Waals surface area contributed by atoms with Gasteiger partial charge >= 0.3 is 0 Å². The Hall–Kier alpha value is -4.07. The summed E-state index contributed by atoms with van der Waals surface area (Å²) in [6.07, 6.45) is 0. The van der Waals surface area contributed by atoms with Crippen molar-refractivity contribution < 1.29 is 8.78 Å². The Morgan fingerprint density at radius 3 is 1.50 bits per heavy atom. The molecule has 0 aliphatic rings. The van der Waals surface area contributed by atoms with Crippen LogP contribution in [0.1, 0.15) is 0 Å². The first kappa shape index (κ1) is 22.4. The van der Waals surface area contributed by atoms with Crippen LogP contribution in [0.25, 0.3) is 32.7 Å². The van der Waals surface area contributed by atoms with E-state index in [1.165, 1.54) is 24.3 Å². The van der Waals surface area contributed by atoms with Crippen molar-refractivity contribution in [2.24, 2.45) is 0 Å². The van der Waals surface area contributed by atoms with Gasteiger partial charge in [0.2, 0.25) is 0 Å². The summed E-state index contributed by atoms with van der Waals surface area (Å²) in [5, 5.41) is 7.43. The van der Waals surface area contributed by atoms with E-state index in [1.54, 1.807) is 0 Å². The van der Waals surface area contributed by atoms with E-state index in [0.717, 1.165) is 48.6 Å². The zero-order valence-corrected chi connectivity index (χ0v) is 20.2. The molecular weight excluding hydrogens is 467 g/mol. The van der Waals surface area contributed by atoms with E-state index in [0.29, 0.717) is 5.69 Å². The van der Waals surface area contributed by atoms with E-state index in [-0.39, 0.29) is 11.6 Å². The van der Waals surface area contributed by atoms with Gasteiger partial charge in [-0.25, -0.2) is 8.78 Å². The van der Waals surface area contributed by atoms with Crippen molar-refractivity contribution >= 4 is 51.1 Å². The molecular formula is C32H22F2NP. The minimum atomic E-state index is -1.15. The van der Waals surface area contributed by atoms with Crippen molar-refractivity contribution in [3.8, 4) is 11.1 Å². The van der Waals surface area contributed by atoms with E-state index in [9.17, 15) is 8.78 Å². The fourth-order valence-corrected chi connectivity index (χ4v) is 7.31. The van der Waals surface area contributed by atoms with Crippen molar-refractivity contribution in [3.63, 3.8) is 0 Å². The van der Waals surface area contributed by atoms with Crippen molar-refractivity contribution in [1.82, 2.24) is 0 Å². The van der Waals surface area contributed by atoms with Gasteiger partial charge < -0.3 is 5.73 Å². The lowest BCUT2D eigenvalue weighted by Crippen LogP contribution is -2.23. The van der Waals surface area contributed by atoms with Crippen LogP contribution in [0.3, 0.4) is 0 Å². The van der Waals surface area contributed by atoms with Crippen LogP contribution in [0.5, 0.6) is 0 Å².